The van der Waals surface area contributed by atoms with Gasteiger partial charge in [-0.2, -0.15) is 5.10 Å². The number of carbonyl (C=O) groups excluding carboxylic acids is 5. The summed E-state index contributed by atoms with van der Waals surface area (Å²) in [6.07, 6.45) is 5.59. The molecule has 3 aliphatic rings. The lowest BCUT2D eigenvalue weighted by atomic mass is 10.0. The van der Waals surface area contributed by atoms with Crippen molar-refractivity contribution in [2.45, 2.75) is 57.7 Å². The molecule has 2 N–H and O–H groups in total. The first-order chi connectivity index (χ1) is 21.8. The fourth-order valence-electron chi connectivity index (χ4n) is 6.44. The highest BCUT2D eigenvalue weighted by molar-refractivity contribution is 6.25. The van der Waals surface area contributed by atoms with Gasteiger partial charge in [0.25, 0.3) is 11.8 Å². The molecule has 2 saturated heterocycles. The molecule has 0 aliphatic carbocycles. The molecule has 230 valence electrons. The highest BCUT2D eigenvalue weighted by Crippen LogP contribution is 2.33. The van der Waals surface area contributed by atoms with Gasteiger partial charge in [0, 0.05) is 48.9 Å². The maximum atomic E-state index is 13.4. The summed E-state index contributed by atoms with van der Waals surface area (Å²) in [5, 5.41) is 15.1. The zero-order valence-corrected chi connectivity index (χ0v) is 24.6. The van der Waals surface area contributed by atoms with Crippen molar-refractivity contribution in [3.05, 3.63) is 76.7 Å². The zero-order valence-electron chi connectivity index (χ0n) is 24.6. The van der Waals surface area contributed by atoms with Gasteiger partial charge in [0.15, 0.2) is 5.58 Å². The quantitative estimate of drug-likeness (QED) is 0.300. The molecule has 2 aromatic heterocycles. The van der Waals surface area contributed by atoms with Crippen molar-refractivity contribution in [3.63, 3.8) is 0 Å². The number of para-hydroxylation sites is 1. The highest BCUT2D eigenvalue weighted by atomic mass is 16.5. The number of carbonyl (C=O) groups is 5. The second-order valence-corrected chi connectivity index (χ2v) is 11.7. The smallest absolute Gasteiger partial charge is 0.264 e. The van der Waals surface area contributed by atoms with E-state index in [1.165, 1.54) is 0 Å². The predicted octanol–water partition coefficient (Wildman–Crippen LogP) is 2.75. The summed E-state index contributed by atoms with van der Waals surface area (Å²) in [7, 11) is 0. The number of aryl methyl sites for hydroxylation is 1. The van der Waals surface area contributed by atoms with E-state index in [0.717, 1.165) is 34.3 Å². The van der Waals surface area contributed by atoms with Crippen molar-refractivity contribution < 1.29 is 28.5 Å². The molecule has 13 nitrogen and oxygen atoms in total. The van der Waals surface area contributed by atoms with Crippen molar-refractivity contribution >= 4 is 46.2 Å². The highest BCUT2D eigenvalue weighted by Gasteiger charge is 2.45. The van der Waals surface area contributed by atoms with Gasteiger partial charge in [0.1, 0.15) is 11.7 Å². The third kappa shape index (κ3) is 5.13. The Balaban J connectivity index is 0.960. The third-order valence-electron chi connectivity index (χ3n) is 8.89. The van der Waals surface area contributed by atoms with Crippen LogP contribution in [0.15, 0.2) is 53.3 Å². The van der Waals surface area contributed by atoms with E-state index in [1.807, 2.05) is 40.9 Å². The van der Waals surface area contributed by atoms with Gasteiger partial charge in [-0.1, -0.05) is 23.4 Å². The predicted molar refractivity (Wildman–Crippen MR) is 160 cm³/mol. The average molecular weight is 610 g/mol. The van der Waals surface area contributed by atoms with Crippen LogP contribution in [-0.2, 0) is 27.3 Å². The minimum Gasteiger partial charge on any atom is -0.380 e. The minimum atomic E-state index is -1.02. The molecule has 0 radical (unpaired) electrons. The molecule has 2 fully saturated rings. The molecule has 0 bridgehead atoms. The minimum absolute atomic E-state index is 0.0232. The Hall–Kier alpha value is -5.33. The molecule has 0 saturated carbocycles. The van der Waals surface area contributed by atoms with Crippen LogP contribution >= 0.6 is 0 Å². The molecule has 0 spiro atoms. The lowest BCUT2D eigenvalue weighted by Crippen LogP contribution is -2.54. The van der Waals surface area contributed by atoms with E-state index in [2.05, 4.69) is 20.9 Å². The van der Waals surface area contributed by atoms with Gasteiger partial charge < -0.3 is 14.7 Å². The fourth-order valence-corrected chi connectivity index (χ4v) is 6.44. The van der Waals surface area contributed by atoms with Crippen LogP contribution in [0.3, 0.4) is 0 Å². The van der Waals surface area contributed by atoms with E-state index in [0.29, 0.717) is 36.6 Å². The summed E-state index contributed by atoms with van der Waals surface area (Å²) in [6.45, 7) is 3.54. The average Bonchev–Trinajstić information content (AvgIpc) is 3.74. The first kappa shape index (κ1) is 28.4. The Morgan fingerprint density at radius 1 is 1.04 bits per heavy atom. The molecule has 45 heavy (non-hydrogen) atoms. The molecule has 1 unspecified atom stereocenters. The number of likely N-dealkylation sites (tertiary alicyclic amines) is 1. The van der Waals surface area contributed by atoms with E-state index in [-0.39, 0.29) is 42.3 Å². The maximum Gasteiger partial charge on any atom is 0.264 e. The lowest BCUT2D eigenvalue weighted by molar-refractivity contribution is -0.136. The summed E-state index contributed by atoms with van der Waals surface area (Å²) in [6, 6.07) is 9.91. The maximum absolute atomic E-state index is 13.4. The van der Waals surface area contributed by atoms with Crippen LogP contribution in [0, 0.1) is 6.92 Å². The van der Waals surface area contributed by atoms with Crippen molar-refractivity contribution in [1.29, 1.82) is 0 Å². The second kappa shape index (κ2) is 11.3. The molecule has 5 amide bonds. The summed E-state index contributed by atoms with van der Waals surface area (Å²) < 4.78 is 7.38. The van der Waals surface area contributed by atoms with Gasteiger partial charge in [-0.15, -0.1) is 0 Å². The van der Waals surface area contributed by atoms with Gasteiger partial charge in [0.05, 0.1) is 29.8 Å². The van der Waals surface area contributed by atoms with Gasteiger partial charge >= 0.3 is 0 Å². The Bertz CT molecular complexity index is 1870. The van der Waals surface area contributed by atoms with Crippen molar-refractivity contribution in [2.24, 2.45) is 0 Å². The van der Waals surface area contributed by atoms with E-state index < -0.39 is 29.7 Å². The molecular weight excluding hydrogens is 578 g/mol. The van der Waals surface area contributed by atoms with Gasteiger partial charge in [-0.05, 0) is 49.9 Å². The first-order valence-corrected chi connectivity index (χ1v) is 15.0. The summed E-state index contributed by atoms with van der Waals surface area (Å²) in [5.74, 6) is -2.14. The van der Waals surface area contributed by atoms with Crippen LogP contribution in [0.25, 0.3) is 11.0 Å². The summed E-state index contributed by atoms with van der Waals surface area (Å²) in [4.78, 5) is 66.3. The first-order valence-electron chi connectivity index (χ1n) is 15.0. The Morgan fingerprint density at radius 3 is 2.64 bits per heavy atom. The van der Waals surface area contributed by atoms with E-state index in [4.69, 9.17) is 4.52 Å². The number of nitrogens with one attached hydrogen (secondary N) is 2. The standard InChI is InChI=1S/C32H31N7O6/c1-18-4-2-5-21-24(36-45-29(18)21)14-27(41)37-12-10-20(11-13-37)38-17-19(16-34-38)15-33-23-7-3-6-22-28(23)32(44)39(31(22)43)25-8-9-26(40)35-30(25)42/h2-7,16-17,20,25,33H,8-15H2,1H3,(H,35,40,42). The van der Waals surface area contributed by atoms with Crippen molar-refractivity contribution in [1.82, 2.24) is 30.1 Å². The number of hydrogen-bond donors (Lipinski definition) is 2. The number of aromatic nitrogens is 3. The van der Waals surface area contributed by atoms with Crippen molar-refractivity contribution in [3.8, 4) is 0 Å². The molecule has 5 heterocycles. The van der Waals surface area contributed by atoms with E-state index in [9.17, 15) is 24.0 Å². The molecule has 3 aliphatic heterocycles. The van der Waals surface area contributed by atoms with Crippen LogP contribution in [0.5, 0.6) is 0 Å². The van der Waals surface area contributed by atoms with Crippen LogP contribution in [0.4, 0.5) is 5.69 Å². The molecular formula is C32H31N7O6. The molecule has 4 aromatic rings. The van der Waals surface area contributed by atoms with Gasteiger partial charge in [0.2, 0.25) is 17.7 Å². The van der Waals surface area contributed by atoms with Crippen LogP contribution in [0.1, 0.15) is 69.3 Å². The molecule has 7 rings (SSSR count). The monoisotopic (exact) mass is 609 g/mol. The van der Waals surface area contributed by atoms with Crippen molar-refractivity contribution in [2.75, 3.05) is 18.4 Å². The zero-order chi connectivity index (χ0) is 31.2. The van der Waals surface area contributed by atoms with E-state index in [1.54, 1.807) is 24.4 Å². The third-order valence-corrected chi connectivity index (χ3v) is 8.89. The number of benzene rings is 2. The molecule has 1 atom stereocenters. The number of imide groups is 2. The largest absolute Gasteiger partial charge is 0.380 e. The van der Waals surface area contributed by atoms with Gasteiger partial charge in [-0.3, -0.25) is 38.9 Å². The number of nitrogens with zero attached hydrogens (tertiary/aromatic N) is 5. The second-order valence-electron chi connectivity index (χ2n) is 11.7. The SMILES string of the molecule is Cc1cccc2c(CC(=O)N3CCC(n4cc(CNc5cccc6c5C(=O)N(C5CCC(=O)NC5=O)C6=O)cn4)CC3)noc12. The number of hydrogen-bond acceptors (Lipinski definition) is 9. The number of fused-ring (bicyclic) bond motifs is 2. The topological polar surface area (TPSA) is 160 Å². The molecule has 13 heteroatoms. The number of anilines is 1. The van der Waals surface area contributed by atoms with E-state index >= 15 is 0 Å². The van der Waals surface area contributed by atoms with Gasteiger partial charge in [-0.25, -0.2) is 0 Å². The number of amides is 5. The van der Waals surface area contributed by atoms with Crippen LogP contribution in [-0.4, -0.2) is 73.4 Å². The van der Waals surface area contributed by atoms with Crippen LogP contribution in [0.2, 0.25) is 0 Å². The number of rotatable bonds is 7. The lowest BCUT2D eigenvalue weighted by Gasteiger charge is -2.32. The Kier molecular flexibility index (Phi) is 7.15. The Labute approximate surface area is 257 Å². The fraction of sp³-hybridized carbons (Fsp3) is 0.344. The van der Waals surface area contributed by atoms with Crippen LogP contribution < -0.4 is 10.6 Å². The summed E-state index contributed by atoms with van der Waals surface area (Å²) in [5.41, 5.74) is 4.16. The number of piperidine rings is 2. The molecule has 2 aromatic carbocycles. The normalized spacial score (nSPS) is 18.9. The summed E-state index contributed by atoms with van der Waals surface area (Å²) >= 11 is 0. The Morgan fingerprint density at radius 2 is 1.84 bits per heavy atom.